The number of nitrogens with two attached hydrogens (primary N) is 1. The molecule has 0 aliphatic heterocycles. The number of hydrogen-bond donors (Lipinski definition) is 2. The van der Waals surface area contributed by atoms with E-state index in [9.17, 15) is 0 Å². The summed E-state index contributed by atoms with van der Waals surface area (Å²) in [4.78, 5) is 0. The highest BCUT2D eigenvalue weighted by molar-refractivity contribution is 6.33. The summed E-state index contributed by atoms with van der Waals surface area (Å²) in [5.74, 6) is 0. The first-order valence-electron chi connectivity index (χ1n) is 3.72. The molecule has 0 amide bonds. The lowest BCUT2D eigenvalue weighted by atomic mass is 10.3. The van der Waals surface area contributed by atoms with Crippen molar-refractivity contribution in [3.05, 3.63) is 34.8 Å². The van der Waals surface area contributed by atoms with Crippen LogP contribution in [-0.2, 0) is 0 Å². The minimum absolute atomic E-state index is 0.491. The Morgan fingerprint density at radius 1 is 1.54 bits per heavy atom. The lowest BCUT2D eigenvalue weighted by Gasteiger charge is -2.07. The molecule has 0 aliphatic rings. The fraction of sp³-hybridized carbons (Fsp3) is 0.111. The number of nitrogens with one attached hydrogen (secondary N) is 1. The van der Waals surface area contributed by atoms with E-state index < -0.39 is 0 Å². The van der Waals surface area contributed by atoms with Crippen LogP contribution >= 0.6 is 23.2 Å². The maximum atomic E-state index is 5.90. The van der Waals surface area contributed by atoms with Gasteiger partial charge >= 0.3 is 0 Å². The van der Waals surface area contributed by atoms with E-state index >= 15 is 0 Å². The topological polar surface area (TPSA) is 38.0 Å². The largest absolute Gasteiger partial charge is 0.399 e. The van der Waals surface area contributed by atoms with Crippen LogP contribution in [0.2, 0.25) is 5.02 Å². The van der Waals surface area contributed by atoms with E-state index in [0.29, 0.717) is 22.3 Å². The van der Waals surface area contributed by atoms with Gasteiger partial charge in [0.15, 0.2) is 0 Å². The number of nitrogen functional groups attached to an aromatic ring is 1. The number of anilines is 2. The van der Waals surface area contributed by atoms with Crippen LogP contribution in [0.1, 0.15) is 0 Å². The molecule has 0 atom stereocenters. The van der Waals surface area contributed by atoms with Crippen LogP contribution in [0.25, 0.3) is 0 Å². The zero-order valence-electron chi connectivity index (χ0n) is 6.98. The zero-order valence-corrected chi connectivity index (χ0v) is 8.49. The second kappa shape index (κ2) is 4.40. The molecule has 0 heterocycles. The van der Waals surface area contributed by atoms with Crippen LogP contribution in [0, 0.1) is 0 Å². The molecule has 0 unspecified atom stereocenters. The third-order valence-electron chi connectivity index (χ3n) is 1.46. The lowest BCUT2D eigenvalue weighted by molar-refractivity contribution is 1.32. The Hall–Kier alpha value is -0.860. The fourth-order valence-electron chi connectivity index (χ4n) is 0.866. The van der Waals surface area contributed by atoms with Crippen molar-refractivity contribution in [3.8, 4) is 0 Å². The van der Waals surface area contributed by atoms with E-state index in [4.69, 9.17) is 28.9 Å². The van der Waals surface area contributed by atoms with Crippen LogP contribution < -0.4 is 11.1 Å². The van der Waals surface area contributed by atoms with Gasteiger partial charge in [-0.25, -0.2) is 0 Å². The van der Waals surface area contributed by atoms with E-state index in [1.54, 1.807) is 18.2 Å². The first-order chi connectivity index (χ1) is 6.09. The number of halogens is 2. The summed E-state index contributed by atoms with van der Waals surface area (Å²) in [6, 6.07) is 5.25. The van der Waals surface area contributed by atoms with Gasteiger partial charge in [0.2, 0.25) is 0 Å². The molecule has 0 bridgehead atoms. The van der Waals surface area contributed by atoms with Crippen LogP contribution in [0.3, 0.4) is 0 Å². The maximum absolute atomic E-state index is 5.90. The van der Waals surface area contributed by atoms with Gasteiger partial charge in [0.25, 0.3) is 0 Å². The smallest absolute Gasteiger partial charge is 0.0658 e. The van der Waals surface area contributed by atoms with Crippen molar-refractivity contribution in [2.24, 2.45) is 0 Å². The van der Waals surface area contributed by atoms with Gasteiger partial charge in [0.05, 0.1) is 17.3 Å². The van der Waals surface area contributed by atoms with Crippen LogP contribution in [0.15, 0.2) is 29.8 Å². The fourth-order valence-corrected chi connectivity index (χ4v) is 1.19. The second-order valence-corrected chi connectivity index (χ2v) is 3.55. The molecule has 70 valence electrons. The van der Waals surface area contributed by atoms with Gasteiger partial charge in [-0.2, -0.15) is 0 Å². The summed E-state index contributed by atoms with van der Waals surface area (Å²) < 4.78 is 0. The van der Waals surface area contributed by atoms with Gasteiger partial charge in [-0.1, -0.05) is 29.8 Å². The van der Waals surface area contributed by atoms with E-state index in [1.807, 2.05) is 0 Å². The molecular formula is C9H10Cl2N2. The summed E-state index contributed by atoms with van der Waals surface area (Å²) >= 11 is 11.5. The molecule has 0 radical (unpaired) electrons. The monoisotopic (exact) mass is 216 g/mol. The Kier molecular flexibility index (Phi) is 3.46. The van der Waals surface area contributed by atoms with Crippen molar-refractivity contribution in [1.82, 2.24) is 0 Å². The number of benzene rings is 1. The maximum Gasteiger partial charge on any atom is 0.0658 e. The molecule has 0 saturated heterocycles. The summed E-state index contributed by atoms with van der Waals surface area (Å²) in [6.45, 7) is 4.04. The molecule has 2 nitrogen and oxygen atoms in total. The van der Waals surface area contributed by atoms with Crippen molar-refractivity contribution in [3.63, 3.8) is 0 Å². The third-order valence-corrected chi connectivity index (χ3v) is 1.91. The molecule has 0 spiro atoms. The molecule has 0 aromatic heterocycles. The Labute approximate surface area is 87.3 Å². The van der Waals surface area contributed by atoms with E-state index in [-0.39, 0.29) is 0 Å². The Bertz CT molecular complexity index is 323. The highest BCUT2D eigenvalue weighted by atomic mass is 35.5. The van der Waals surface area contributed by atoms with Gasteiger partial charge in [-0.3, -0.25) is 0 Å². The number of rotatable bonds is 3. The SMILES string of the molecule is C=C(Cl)CNc1ccc(N)cc1Cl. The first-order valence-corrected chi connectivity index (χ1v) is 4.47. The van der Waals surface area contributed by atoms with E-state index in [2.05, 4.69) is 11.9 Å². The molecule has 1 rings (SSSR count). The molecule has 1 aromatic carbocycles. The molecule has 0 aliphatic carbocycles. The first kappa shape index (κ1) is 10.2. The van der Waals surface area contributed by atoms with Crippen molar-refractivity contribution in [2.45, 2.75) is 0 Å². The average molecular weight is 217 g/mol. The lowest BCUT2D eigenvalue weighted by Crippen LogP contribution is -2.01. The third kappa shape index (κ3) is 3.17. The summed E-state index contributed by atoms with van der Waals surface area (Å²) in [6.07, 6.45) is 0. The predicted molar refractivity (Wildman–Crippen MR) is 59.3 cm³/mol. The molecule has 3 N–H and O–H groups in total. The standard InChI is InChI=1S/C9H10Cl2N2/c1-6(10)5-13-9-3-2-7(12)4-8(9)11/h2-4,13H,1,5,12H2. The second-order valence-electron chi connectivity index (χ2n) is 2.61. The molecule has 0 fully saturated rings. The normalized spacial score (nSPS) is 9.69. The highest BCUT2D eigenvalue weighted by Crippen LogP contribution is 2.24. The molecule has 0 saturated carbocycles. The Morgan fingerprint density at radius 3 is 2.77 bits per heavy atom. The summed E-state index contributed by atoms with van der Waals surface area (Å²) in [5, 5.41) is 4.14. The van der Waals surface area contributed by atoms with Gasteiger partial charge in [-0.15, -0.1) is 0 Å². The highest BCUT2D eigenvalue weighted by Gasteiger charge is 1.99. The van der Waals surface area contributed by atoms with Gasteiger partial charge < -0.3 is 11.1 Å². The Balaban J connectivity index is 2.72. The van der Waals surface area contributed by atoms with Crippen molar-refractivity contribution < 1.29 is 0 Å². The van der Waals surface area contributed by atoms with E-state index in [0.717, 1.165) is 5.69 Å². The van der Waals surface area contributed by atoms with Crippen molar-refractivity contribution >= 4 is 34.6 Å². The van der Waals surface area contributed by atoms with Gasteiger partial charge in [0, 0.05) is 10.7 Å². The molecular weight excluding hydrogens is 207 g/mol. The minimum atomic E-state index is 0.491. The van der Waals surface area contributed by atoms with Crippen molar-refractivity contribution in [2.75, 3.05) is 17.6 Å². The quantitative estimate of drug-likeness (QED) is 0.763. The van der Waals surface area contributed by atoms with Crippen molar-refractivity contribution in [1.29, 1.82) is 0 Å². The van der Waals surface area contributed by atoms with Gasteiger partial charge in [-0.05, 0) is 18.2 Å². The summed E-state index contributed by atoms with van der Waals surface area (Å²) in [5.41, 5.74) is 6.97. The van der Waals surface area contributed by atoms with Crippen LogP contribution in [-0.4, -0.2) is 6.54 Å². The van der Waals surface area contributed by atoms with Gasteiger partial charge in [0.1, 0.15) is 0 Å². The van der Waals surface area contributed by atoms with Crippen LogP contribution in [0.4, 0.5) is 11.4 Å². The van der Waals surface area contributed by atoms with E-state index in [1.165, 1.54) is 0 Å². The molecule has 1 aromatic rings. The zero-order chi connectivity index (χ0) is 9.84. The molecule has 4 heteroatoms. The average Bonchev–Trinajstić information content (AvgIpc) is 2.02. The summed E-state index contributed by atoms with van der Waals surface area (Å²) in [7, 11) is 0. The predicted octanol–water partition coefficient (Wildman–Crippen LogP) is 3.09. The molecule has 13 heavy (non-hydrogen) atoms. The minimum Gasteiger partial charge on any atom is -0.399 e. The Morgan fingerprint density at radius 2 is 2.23 bits per heavy atom. The number of hydrogen-bond acceptors (Lipinski definition) is 2. The van der Waals surface area contributed by atoms with Crippen LogP contribution in [0.5, 0.6) is 0 Å².